The van der Waals surface area contributed by atoms with E-state index in [2.05, 4.69) is 21.2 Å². The zero-order chi connectivity index (χ0) is 23.1. The Hall–Kier alpha value is -1.76. The van der Waals surface area contributed by atoms with Gasteiger partial charge in [0.2, 0.25) is 5.91 Å². The van der Waals surface area contributed by atoms with Crippen molar-refractivity contribution in [1.82, 2.24) is 10.2 Å². The van der Waals surface area contributed by atoms with Crippen LogP contribution in [0.2, 0.25) is 10.0 Å². The number of hydrogen-bond donors (Lipinski definition) is 1. The van der Waals surface area contributed by atoms with E-state index in [0.717, 1.165) is 31.2 Å². The van der Waals surface area contributed by atoms with Gasteiger partial charge in [-0.15, -0.1) is 0 Å². The Morgan fingerprint density at radius 2 is 1.91 bits per heavy atom. The van der Waals surface area contributed by atoms with E-state index >= 15 is 0 Å². The summed E-state index contributed by atoms with van der Waals surface area (Å²) in [4.78, 5) is 28.0. The normalized spacial score (nSPS) is 14.8. The fourth-order valence-electron chi connectivity index (χ4n) is 3.91. The Bertz CT molecular complexity index is 951. The lowest BCUT2D eigenvalue weighted by atomic mass is 10.1. The lowest BCUT2D eigenvalue weighted by Crippen LogP contribution is -2.52. The van der Waals surface area contributed by atoms with Gasteiger partial charge in [-0.25, -0.2) is 0 Å². The van der Waals surface area contributed by atoms with Crippen molar-refractivity contribution in [3.05, 3.63) is 62.5 Å². The molecule has 0 aliphatic heterocycles. The molecule has 1 atom stereocenters. The zero-order valence-electron chi connectivity index (χ0n) is 18.0. The third-order valence-corrected chi connectivity index (χ3v) is 6.85. The van der Waals surface area contributed by atoms with Crippen LogP contribution in [0, 0.1) is 0 Å². The molecule has 32 heavy (non-hydrogen) atoms. The number of benzene rings is 2. The molecule has 2 amide bonds. The van der Waals surface area contributed by atoms with E-state index in [4.69, 9.17) is 27.9 Å². The average molecular weight is 542 g/mol. The van der Waals surface area contributed by atoms with E-state index in [0.29, 0.717) is 26.7 Å². The molecular formula is C24H27BrCl2N2O3. The summed E-state index contributed by atoms with van der Waals surface area (Å²) in [5, 5.41) is 4.24. The second kappa shape index (κ2) is 11.9. The van der Waals surface area contributed by atoms with Crippen LogP contribution >= 0.6 is 39.1 Å². The van der Waals surface area contributed by atoms with E-state index in [9.17, 15) is 9.59 Å². The first-order valence-electron chi connectivity index (χ1n) is 10.8. The van der Waals surface area contributed by atoms with Crippen molar-refractivity contribution >= 4 is 50.9 Å². The molecule has 0 bridgehead atoms. The molecular weight excluding hydrogens is 515 g/mol. The molecule has 2 aromatic carbocycles. The Morgan fingerprint density at radius 1 is 1.19 bits per heavy atom. The summed E-state index contributed by atoms with van der Waals surface area (Å²) in [6, 6.07) is 12.0. The van der Waals surface area contributed by atoms with Crippen LogP contribution in [-0.2, 0) is 16.1 Å². The second-order valence-corrected chi connectivity index (χ2v) is 9.59. The largest absolute Gasteiger partial charge is 0.483 e. The van der Waals surface area contributed by atoms with Gasteiger partial charge in [0.05, 0.1) is 4.47 Å². The van der Waals surface area contributed by atoms with E-state index in [-0.39, 0.29) is 31.0 Å². The first-order chi connectivity index (χ1) is 15.4. The molecule has 1 saturated carbocycles. The quantitative estimate of drug-likeness (QED) is 0.423. The van der Waals surface area contributed by atoms with Gasteiger partial charge in [0.15, 0.2) is 6.61 Å². The van der Waals surface area contributed by atoms with Crippen LogP contribution < -0.4 is 10.1 Å². The van der Waals surface area contributed by atoms with Gasteiger partial charge in [0, 0.05) is 22.6 Å². The Balaban J connectivity index is 1.78. The van der Waals surface area contributed by atoms with Gasteiger partial charge in [-0.2, -0.15) is 0 Å². The minimum absolute atomic E-state index is 0.132. The van der Waals surface area contributed by atoms with Crippen molar-refractivity contribution in [2.75, 3.05) is 6.61 Å². The third kappa shape index (κ3) is 6.63. The monoisotopic (exact) mass is 540 g/mol. The van der Waals surface area contributed by atoms with Crippen LogP contribution in [0.1, 0.15) is 44.6 Å². The van der Waals surface area contributed by atoms with E-state index in [1.165, 1.54) is 0 Å². The van der Waals surface area contributed by atoms with Crippen LogP contribution in [-0.4, -0.2) is 35.4 Å². The molecule has 1 aliphatic rings. The van der Waals surface area contributed by atoms with Gasteiger partial charge in [-0.05, 0) is 65.0 Å². The summed E-state index contributed by atoms with van der Waals surface area (Å²) in [5.41, 5.74) is 0.780. The molecule has 0 saturated heterocycles. The fraction of sp³-hybridized carbons (Fsp3) is 0.417. The highest BCUT2D eigenvalue weighted by Crippen LogP contribution is 2.28. The number of carbonyl (C=O) groups excluding carboxylic acids is 2. The predicted molar refractivity (Wildman–Crippen MR) is 131 cm³/mol. The maximum atomic E-state index is 13.3. The molecule has 0 aromatic heterocycles. The molecule has 1 fully saturated rings. The number of hydrogen-bond acceptors (Lipinski definition) is 3. The number of carbonyl (C=O) groups is 2. The molecule has 8 heteroatoms. The minimum atomic E-state index is -0.614. The Morgan fingerprint density at radius 3 is 2.56 bits per heavy atom. The predicted octanol–water partition coefficient (Wildman–Crippen LogP) is 6.00. The molecule has 2 aromatic rings. The summed E-state index contributed by atoms with van der Waals surface area (Å²) in [7, 11) is 0. The molecule has 0 unspecified atom stereocenters. The first-order valence-corrected chi connectivity index (χ1v) is 12.3. The lowest BCUT2D eigenvalue weighted by Gasteiger charge is -2.31. The molecule has 0 spiro atoms. The summed E-state index contributed by atoms with van der Waals surface area (Å²) in [6.07, 6.45) is 4.68. The number of halogens is 3. The van der Waals surface area contributed by atoms with Gasteiger partial charge in [-0.1, -0.05) is 61.2 Å². The highest BCUT2D eigenvalue weighted by Gasteiger charge is 2.31. The molecule has 5 nitrogen and oxygen atoms in total. The van der Waals surface area contributed by atoms with Crippen molar-refractivity contribution in [1.29, 1.82) is 0 Å². The zero-order valence-corrected chi connectivity index (χ0v) is 21.0. The fourth-order valence-corrected chi connectivity index (χ4v) is 4.90. The van der Waals surface area contributed by atoms with Crippen LogP contribution in [0.5, 0.6) is 5.75 Å². The van der Waals surface area contributed by atoms with Gasteiger partial charge in [0.1, 0.15) is 11.8 Å². The second-order valence-electron chi connectivity index (χ2n) is 7.89. The van der Waals surface area contributed by atoms with E-state index < -0.39 is 6.04 Å². The molecule has 0 heterocycles. The highest BCUT2D eigenvalue weighted by atomic mass is 79.9. The van der Waals surface area contributed by atoms with Gasteiger partial charge >= 0.3 is 0 Å². The number of rotatable bonds is 9. The SMILES string of the molecule is CC[C@H](C(=O)NC1CCCC1)N(Cc1ccccc1Cl)C(=O)COc1ccc(Cl)cc1Br. The molecule has 172 valence electrons. The smallest absolute Gasteiger partial charge is 0.261 e. The summed E-state index contributed by atoms with van der Waals surface area (Å²) in [5.74, 6) is 0.0802. The van der Waals surface area contributed by atoms with Crippen molar-refractivity contribution in [3.63, 3.8) is 0 Å². The van der Waals surface area contributed by atoms with Crippen molar-refractivity contribution in [2.24, 2.45) is 0 Å². The molecule has 0 radical (unpaired) electrons. The van der Waals surface area contributed by atoms with Crippen LogP contribution in [0.4, 0.5) is 0 Å². The topological polar surface area (TPSA) is 58.6 Å². The number of nitrogens with one attached hydrogen (secondary N) is 1. The molecule has 1 aliphatic carbocycles. The van der Waals surface area contributed by atoms with Crippen LogP contribution in [0.25, 0.3) is 0 Å². The molecule has 3 rings (SSSR count). The maximum absolute atomic E-state index is 13.3. The standard InChI is InChI=1S/C24H27BrCl2N2O3/c1-2-21(24(31)28-18-8-4-5-9-18)29(14-16-7-3-6-10-20(16)27)23(30)15-32-22-12-11-17(26)13-19(22)25/h3,6-7,10-13,18,21H,2,4-5,8-9,14-15H2,1H3,(H,28,31)/t21-/m1/s1. The van der Waals surface area contributed by atoms with Gasteiger partial charge in [-0.3, -0.25) is 9.59 Å². The summed E-state index contributed by atoms with van der Waals surface area (Å²) < 4.78 is 6.40. The summed E-state index contributed by atoms with van der Waals surface area (Å²) in [6.45, 7) is 1.92. The van der Waals surface area contributed by atoms with E-state index in [1.807, 2.05) is 25.1 Å². The maximum Gasteiger partial charge on any atom is 0.261 e. The van der Waals surface area contributed by atoms with Gasteiger partial charge < -0.3 is 15.0 Å². The van der Waals surface area contributed by atoms with Crippen molar-refractivity contribution in [3.8, 4) is 5.75 Å². The number of nitrogens with zero attached hydrogens (tertiary/aromatic N) is 1. The first kappa shape index (κ1) is 24.9. The highest BCUT2D eigenvalue weighted by molar-refractivity contribution is 9.10. The van der Waals surface area contributed by atoms with Crippen LogP contribution in [0.15, 0.2) is 46.9 Å². The number of amides is 2. The van der Waals surface area contributed by atoms with Crippen molar-refractivity contribution in [2.45, 2.75) is 57.7 Å². The summed E-state index contributed by atoms with van der Waals surface area (Å²) >= 11 is 15.7. The van der Waals surface area contributed by atoms with E-state index in [1.54, 1.807) is 29.2 Å². The Kier molecular flexibility index (Phi) is 9.26. The third-order valence-electron chi connectivity index (χ3n) is 5.63. The average Bonchev–Trinajstić information content (AvgIpc) is 3.27. The van der Waals surface area contributed by atoms with Crippen molar-refractivity contribution < 1.29 is 14.3 Å². The lowest BCUT2D eigenvalue weighted by molar-refractivity contribution is -0.143. The minimum Gasteiger partial charge on any atom is -0.483 e. The van der Waals surface area contributed by atoms with Crippen LogP contribution in [0.3, 0.4) is 0 Å². The van der Waals surface area contributed by atoms with Gasteiger partial charge in [0.25, 0.3) is 5.91 Å². The number of ether oxygens (including phenoxy) is 1. The molecule has 1 N–H and O–H groups in total. The Labute approximate surface area is 207 Å².